The Morgan fingerprint density at radius 3 is 2.33 bits per heavy atom. The van der Waals surface area contributed by atoms with Gasteiger partial charge >= 0.3 is 11.9 Å². The molecule has 1 aromatic heterocycles. The Bertz CT molecular complexity index is 1130. The number of rotatable bonds is 6. The fourth-order valence-corrected chi connectivity index (χ4v) is 3.83. The lowest BCUT2D eigenvalue weighted by atomic mass is 10.00. The number of fused-ring (bicyclic) bond motifs is 2. The predicted molar refractivity (Wildman–Crippen MR) is 123 cm³/mol. The van der Waals surface area contributed by atoms with Crippen molar-refractivity contribution in [2.45, 2.75) is 32.9 Å². The molecule has 0 bridgehead atoms. The van der Waals surface area contributed by atoms with E-state index in [4.69, 9.17) is 19.8 Å². The summed E-state index contributed by atoms with van der Waals surface area (Å²) in [4.78, 5) is 33.3. The van der Waals surface area contributed by atoms with Crippen molar-refractivity contribution in [1.29, 1.82) is 0 Å². The lowest BCUT2D eigenvalue weighted by Crippen LogP contribution is -2.38. The number of nitrogens with zero attached hydrogens (tertiary/aromatic N) is 3. The maximum atomic E-state index is 12.7. The van der Waals surface area contributed by atoms with Crippen LogP contribution >= 0.6 is 0 Å². The molecule has 4 rings (SSSR count). The van der Waals surface area contributed by atoms with Gasteiger partial charge in [-0.15, -0.1) is 0 Å². The maximum Gasteiger partial charge on any atom is 0.414 e. The Labute approximate surface area is 191 Å². The lowest BCUT2D eigenvalue weighted by Gasteiger charge is -2.28. The zero-order valence-electron chi connectivity index (χ0n) is 18.5. The molecule has 174 valence electrons. The number of carboxylic acids is 2. The summed E-state index contributed by atoms with van der Waals surface area (Å²) in [5, 5.41) is 23.3. The number of carboxylic acid groups (broad SMARTS) is 2. The van der Waals surface area contributed by atoms with E-state index in [1.807, 2.05) is 28.9 Å². The highest BCUT2D eigenvalue weighted by atomic mass is 16.4. The second-order valence-electron chi connectivity index (χ2n) is 7.75. The molecule has 9 nitrogen and oxygen atoms in total. The highest BCUT2D eigenvalue weighted by Gasteiger charge is 2.18. The Balaban J connectivity index is 0.000000454. The molecule has 33 heavy (non-hydrogen) atoms. The van der Waals surface area contributed by atoms with E-state index in [2.05, 4.69) is 46.5 Å². The molecule has 3 aromatic rings. The van der Waals surface area contributed by atoms with Gasteiger partial charge in [-0.1, -0.05) is 49.4 Å². The minimum Gasteiger partial charge on any atom is -0.473 e. The number of amides is 1. The molecular formula is C24H28N4O5. The minimum absolute atomic E-state index is 0.0848. The minimum atomic E-state index is -1.82. The molecular weight excluding hydrogens is 424 g/mol. The van der Waals surface area contributed by atoms with E-state index in [1.165, 1.54) is 11.1 Å². The largest absolute Gasteiger partial charge is 0.473 e. The van der Waals surface area contributed by atoms with Crippen molar-refractivity contribution in [3.8, 4) is 0 Å². The number of hydrogen-bond donors (Lipinski definition) is 3. The molecule has 0 radical (unpaired) electrons. The van der Waals surface area contributed by atoms with Crippen molar-refractivity contribution in [3.63, 3.8) is 0 Å². The van der Waals surface area contributed by atoms with Crippen LogP contribution in [0.15, 0.2) is 48.5 Å². The Morgan fingerprint density at radius 1 is 0.970 bits per heavy atom. The molecule has 2 aromatic carbocycles. The van der Waals surface area contributed by atoms with Gasteiger partial charge in [0.25, 0.3) is 5.91 Å². The first-order valence-electron chi connectivity index (χ1n) is 10.9. The molecule has 1 aliphatic rings. The van der Waals surface area contributed by atoms with Crippen molar-refractivity contribution in [3.05, 3.63) is 65.4 Å². The molecule has 0 fully saturated rings. The highest BCUT2D eigenvalue weighted by molar-refractivity contribution is 6.27. The standard InChI is InChI=1S/C22H26N4O.C2H2O4/c1-2-13-26-20-10-6-5-9-19(20)21(24-26)22(27)23-12-15-25-14-11-17-7-3-4-8-18(17)16-25;3-1(4)2(5)6/h3-10H,2,11-16H2,1H3,(H,23,27);(H,3,4)(H,5,6). The molecule has 0 atom stereocenters. The number of nitrogens with one attached hydrogen (secondary N) is 1. The zero-order valence-corrected chi connectivity index (χ0v) is 18.5. The summed E-state index contributed by atoms with van der Waals surface area (Å²) in [6, 6.07) is 16.6. The van der Waals surface area contributed by atoms with Crippen molar-refractivity contribution >= 4 is 28.7 Å². The number of carbonyl (C=O) groups is 3. The van der Waals surface area contributed by atoms with Crippen molar-refractivity contribution in [1.82, 2.24) is 20.0 Å². The Kier molecular flexibility index (Phi) is 8.15. The Morgan fingerprint density at radius 2 is 1.64 bits per heavy atom. The van der Waals surface area contributed by atoms with Crippen LogP contribution in [0.1, 0.15) is 35.0 Å². The average Bonchev–Trinajstić information content (AvgIpc) is 3.18. The predicted octanol–water partition coefficient (Wildman–Crippen LogP) is 2.39. The molecule has 0 aliphatic carbocycles. The summed E-state index contributed by atoms with van der Waals surface area (Å²) in [5.74, 6) is -3.73. The average molecular weight is 453 g/mol. The van der Waals surface area contributed by atoms with Crippen molar-refractivity contribution < 1.29 is 24.6 Å². The van der Waals surface area contributed by atoms with Crippen LogP contribution in [-0.2, 0) is 29.1 Å². The molecule has 0 saturated heterocycles. The fourth-order valence-electron chi connectivity index (χ4n) is 3.83. The number of aryl methyl sites for hydroxylation is 1. The van der Waals surface area contributed by atoms with Gasteiger partial charge in [0.1, 0.15) is 0 Å². The molecule has 3 N–H and O–H groups in total. The Hall–Kier alpha value is -3.72. The second kappa shape index (κ2) is 11.2. The van der Waals surface area contributed by atoms with Gasteiger partial charge in [0, 0.05) is 38.1 Å². The third kappa shape index (κ3) is 6.17. The third-order valence-electron chi connectivity index (χ3n) is 5.41. The summed E-state index contributed by atoms with van der Waals surface area (Å²) < 4.78 is 1.94. The number of para-hydroxylation sites is 1. The maximum absolute atomic E-state index is 12.7. The van der Waals surface area contributed by atoms with E-state index in [9.17, 15) is 4.79 Å². The smallest absolute Gasteiger partial charge is 0.414 e. The monoisotopic (exact) mass is 452 g/mol. The van der Waals surface area contributed by atoms with E-state index in [0.717, 1.165) is 49.9 Å². The first kappa shape index (κ1) is 23.9. The van der Waals surface area contributed by atoms with Gasteiger partial charge in [0.05, 0.1) is 5.52 Å². The number of aliphatic carboxylic acids is 2. The van der Waals surface area contributed by atoms with Crippen LogP contribution in [-0.4, -0.2) is 62.4 Å². The third-order valence-corrected chi connectivity index (χ3v) is 5.41. The molecule has 2 heterocycles. The molecule has 1 amide bonds. The summed E-state index contributed by atoms with van der Waals surface area (Å²) in [6.45, 7) is 6.43. The number of carbonyl (C=O) groups excluding carboxylic acids is 1. The van der Waals surface area contributed by atoms with E-state index < -0.39 is 11.9 Å². The van der Waals surface area contributed by atoms with Crippen LogP contribution in [0.25, 0.3) is 10.9 Å². The summed E-state index contributed by atoms with van der Waals surface area (Å²) >= 11 is 0. The molecule has 0 spiro atoms. The summed E-state index contributed by atoms with van der Waals surface area (Å²) in [5.41, 5.74) is 4.41. The summed E-state index contributed by atoms with van der Waals surface area (Å²) in [7, 11) is 0. The van der Waals surface area contributed by atoms with E-state index in [1.54, 1.807) is 0 Å². The van der Waals surface area contributed by atoms with Crippen LogP contribution in [0.2, 0.25) is 0 Å². The first-order valence-corrected chi connectivity index (χ1v) is 10.9. The van der Waals surface area contributed by atoms with Gasteiger partial charge in [-0.05, 0) is 30.0 Å². The highest BCUT2D eigenvalue weighted by Crippen LogP contribution is 2.19. The van der Waals surface area contributed by atoms with Crippen LogP contribution < -0.4 is 5.32 Å². The normalized spacial score (nSPS) is 13.0. The first-order chi connectivity index (χ1) is 15.9. The van der Waals surface area contributed by atoms with E-state index >= 15 is 0 Å². The van der Waals surface area contributed by atoms with Gasteiger partial charge in [0.2, 0.25) is 0 Å². The molecule has 1 aliphatic heterocycles. The van der Waals surface area contributed by atoms with Gasteiger partial charge < -0.3 is 15.5 Å². The number of aromatic nitrogens is 2. The number of benzene rings is 2. The second-order valence-corrected chi connectivity index (χ2v) is 7.75. The van der Waals surface area contributed by atoms with E-state index in [0.29, 0.717) is 12.2 Å². The molecule has 0 unspecified atom stereocenters. The zero-order chi connectivity index (χ0) is 23.8. The molecule has 9 heteroatoms. The van der Waals surface area contributed by atoms with Gasteiger partial charge in [-0.3, -0.25) is 14.4 Å². The lowest BCUT2D eigenvalue weighted by molar-refractivity contribution is -0.159. The van der Waals surface area contributed by atoms with Crippen LogP contribution in [0, 0.1) is 0 Å². The van der Waals surface area contributed by atoms with Gasteiger partial charge in [-0.25, -0.2) is 9.59 Å². The van der Waals surface area contributed by atoms with Crippen molar-refractivity contribution in [2.75, 3.05) is 19.6 Å². The van der Waals surface area contributed by atoms with Crippen LogP contribution in [0.4, 0.5) is 0 Å². The van der Waals surface area contributed by atoms with Crippen molar-refractivity contribution in [2.24, 2.45) is 0 Å². The van der Waals surface area contributed by atoms with Crippen LogP contribution in [0.5, 0.6) is 0 Å². The SMILES string of the molecule is CCCn1nc(C(=O)NCCN2CCc3ccccc3C2)c2ccccc21.O=C(O)C(=O)O. The van der Waals surface area contributed by atoms with Gasteiger partial charge in [-0.2, -0.15) is 5.10 Å². The quantitative estimate of drug-likeness (QED) is 0.491. The van der Waals surface area contributed by atoms with Crippen LogP contribution in [0.3, 0.4) is 0 Å². The fraction of sp³-hybridized carbons (Fsp3) is 0.333. The molecule has 0 saturated carbocycles. The topological polar surface area (TPSA) is 125 Å². The van der Waals surface area contributed by atoms with Gasteiger partial charge in [0.15, 0.2) is 5.69 Å². The summed E-state index contributed by atoms with van der Waals surface area (Å²) in [6.07, 6.45) is 2.07. The number of hydrogen-bond acceptors (Lipinski definition) is 5. The van der Waals surface area contributed by atoms with E-state index in [-0.39, 0.29) is 5.91 Å².